The highest BCUT2D eigenvalue weighted by Gasteiger charge is 2.53. The molecule has 1 fully saturated rings. The van der Waals surface area contributed by atoms with Gasteiger partial charge in [0.1, 0.15) is 31.0 Å². The van der Waals surface area contributed by atoms with E-state index < -0.39 is 45.7 Å². The van der Waals surface area contributed by atoms with Crippen molar-refractivity contribution in [1.82, 2.24) is 0 Å². The van der Waals surface area contributed by atoms with Gasteiger partial charge in [-0.1, -0.05) is 103 Å². The van der Waals surface area contributed by atoms with E-state index in [0.717, 1.165) is 16.7 Å². The van der Waals surface area contributed by atoms with Crippen LogP contribution in [0.15, 0.2) is 103 Å². The van der Waals surface area contributed by atoms with Gasteiger partial charge in [-0.25, -0.2) is 8.42 Å². The molecule has 1 aliphatic rings. The maximum absolute atomic E-state index is 13.7. The highest BCUT2D eigenvalue weighted by Crippen LogP contribution is 2.33. The summed E-state index contributed by atoms with van der Waals surface area (Å²) in [4.78, 5) is 11.8. The van der Waals surface area contributed by atoms with Crippen LogP contribution in [-0.4, -0.2) is 56.6 Å². The third kappa shape index (κ3) is 9.08. The molecule has 9 heteroatoms. The first-order valence-electron chi connectivity index (χ1n) is 13.8. The first-order valence-corrected chi connectivity index (χ1v) is 15.6. The first-order chi connectivity index (χ1) is 20.2. The Kier molecular flexibility index (Phi) is 11.5. The van der Waals surface area contributed by atoms with Crippen LogP contribution in [-0.2, 0) is 58.1 Å². The summed E-state index contributed by atoms with van der Waals surface area (Å²) >= 11 is 0. The van der Waals surface area contributed by atoms with Gasteiger partial charge in [0.05, 0.1) is 25.6 Å². The molecule has 3 aromatic rings. The molecule has 0 saturated carbocycles. The number of carbonyl (C=O) groups is 1. The maximum atomic E-state index is 13.7. The normalized spacial score (nSPS) is 22.4. The van der Waals surface area contributed by atoms with Gasteiger partial charge in [-0.3, -0.25) is 4.79 Å². The molecule has 5 atom stereocenters. The molecule has 0 radical (unpaired) electrons. The van der Waals surface area contributed by atoms with Crippen molar-refractivity contribution in [2.24, 2.45) is 0 Å². The van der Waals surface area contributed by atoms with E-state index in [1.54, 1.807) is 6.92 Å². The van der Waals surface area contributed by atoms with Crippen LogP contribution in [0.1, 0.15) is 30.5 Å². The fraction of sp³-hybridized carbons (Fsp3) is 0.364. The number of hydrogen-bond donors (Lipinski definition) is 0. The second kappa shape index (κ2) is 15.2. The van der Waals surface area contributed by atoms with Crippen LogP contribution in [0, 0.1) is 0 Å². The van der Waals surface area contributed by atoms with Gasteiger partial charge in [0.25, 0.3) is 0 Å². The quantitative estimate of drug-likeness (QED) is 0.190. The molecule has 1 heterocycles. The number of ether oxygens (including phenoxy) is 5. The Labute approximate surface area is 248 Å². The van der Waals surface area contributed by atoms with E-state index >= 15 is 0 Å². The molecule has 5 unspecified atom stereocenters. The summed E-state index contributed by atoms with van der Waals surface area (Å²) in [6.45, 7) is 7.02. The molecular weight excluding hydrogens is 556 g/mol. The molecular formula is C33H38O8S. The van der Waals surface area contributed by atoms with Crippen LogP contribution < -0.4 is 0 Å². The zero-order chi connectivity index (χ0) is 30.0. The number of benzene rings is 3. The summed E-state index contributed by atoms with van der Waals surface area (Å²) < 4.78 is 58.3. The van der Waals surface area contributed by atoms with Gasteiger partial charge in [-0.15, -0.1) is 0 Å². The van der Waals surface area contributed by atoms with Crippen molar-refractivity contribution in [2.45, 2.75) is 63.5 Å². The molecule has 4 rings (SSSR count). The standard InChI is InChI=1S/C33H38O8S/c1-24(2)23-42(35,36)33-32(40-21-28-17-11-6-12-18-28)31(39-20-27-15-9-5-10-16-27)30(29(41-33)22-37-25(3)34)38-19-26-13-7-4-8-14-26/h4-18,29-33H,1,19-23H2,2-3H3. The fourth-order valence-corrected chi connectivity index (χ4v) is 6.60. The minimum Gasteiger partial charge on any atom is -0.463 e. The van der Waals surface area contributed by atoms with Crippen molar-refractivity contribution < 1.29 is 36.9 Å². The molecule has 3 aromatic carbocycles. The molecule has 0 bridgehead atoms. The van der Waals surface area contributed by atoms with Gasteiger partial charge in [0, 0.05) is 6.92 Å². The largest absolute Gasteiger partial charge is 0.463 e. The predicted molar refractivity (Wildman–Crippen MR) is 159 cm³/mol. The van der Waals surface area contributed by atoms with Gasteiger partial charge in [-0.05, 0) is 23.6 Å². The van der Waals surface area contributed by atoms with E-state index in [1.807, 2.05) is 91.0 Å². The molecule has 0 spiro atoms. The van der Waals surface area contributed by atoms with Crippen molar-refractivity contribution in [3.05, 3.63) is 120 Å². The van der Waals surface area contributed by atoms with Gasteiger partial charge in [0.15, 0.2) is 15.3 Å². The smallest absolute Gasteiger partial charge is 0.302 e. The predicted octanol–water partition coefficient (Wildman–Crippen LogP) is 5.02. The van der Waals surface area contributed by atoms with Crippen molar-refractivity contribution in [1.29, 1.82) is 0 Å². The second-order valence-corrected chi connectivity index (χ2v) is 12.5. The van der Waals surface area contributed by atoms with E-state index in [2.05, 4.69) is 6.58 Å². The fourth-order valence-electron chi connectivity index (χ4n) is 4.79. The van der Waals surface area contributed by atoms with Crippen molar-refractivity contribution in [3.8, 4) is 0 Å². The topological polar surface area (TPSA) is 97.4 Å². The Balaban J connectivity index is 1.73. The third-order valence-electron chi connectivity index (χ3n) is 6.70. The molecule has 1 aliphatic heterocycles. The number of rotatable bonds is 14. The average molecular weight is 595 g/mol. The van der Waals surface area contributed by atoms with Gasteiger partial charge < -0.3 is 23.7 Å². The Hall–Kier alpha value is -3.34. The SMILES string of the molecule is C=C(C)CS(=O)(=O)C1OC(COC(C)=O)C(OCc2ccccc2)C(OCc2ccccc2)C1OCc1ccccc1. The van der Waals surface area contributed by atoms with Crippen LogP contribution >= 0.6 is 0 Å². The third-order valence-corrected chi connectivity index (χ3v) is 8.68. The summed E-state index contributed by atoms with van der Waals surface area (Å²) in [5.74, 6) is -0.824. The van der Waals surface area contributed by atoms with E-state index in [4.69, 9.17) is 23.7 Å². The molecule has 0 amide bonds. The molecule has 0 aromatic heterocycles. The van der Waals surface area contributed by atoms with Gasteiger partial charge in [0.2, 0.25) is 0 Å². The van der Waals surface area contributed by atoms with Crippen molar-refractivity contribution in [3.63, 3.8) is 0 Å². The van der Waals surface area contributed by atoms with Gasteiger partial charge >= 0.3 is 5.97 Å². The number of esters is 1. The van der Waals surface area contributed by atoms with E-state index in [0.29, 0.717) is 5.57 Å². The molecule has 42 heavy (non-hydrogen) atoms. The monoisotopic (exact) mass is 594 g/mol. The number of sulfone groups is 1. The van der Waals surface area contributed by atoms with Crippen molar-refractivity contribution in [2.75, 3.05) is 12.4 Å². The lowest BCUT2D eigenvalue weighted by molar-refractivity contribution is -0.254. The van der Waals surface area contributed by atoms with Crippen LogP contribution in [0.2, 0.25) is 0 Å². The average Bonchev–Trinajstić information content (AvgIpc) is 2.98. The Bertz CT molecular complexity index is 1380. The maximum Gasteiger partial charge on any atom is 0.302 e. The zero-order valence-electron chi connectivity index (χ0n) is 24.0. The first kappa shape index (κ1) is 31.6. The highest BCUT2D eigenvalue weighted by atomic mass is 32.2. The van der Waals surface area contributed by atoms with Crippen LogP contribution in [0.4, 0.5) is 0 Å². The Morgan fingerprint density at radius 2 is 1.14 bits per heavy atom. The second-order valence-electron chi connectivity index (χ2n) is 10.4. The molecule has 0 N–H and O–H groups in total. The summed E-state index contributed by atoms with van der Waals surface area (Å²) in [6.07, 6.45) is -3.73. The van der Waals surface area contributed by atoms with Crippen molar-refractivity contribution >= 4 is 15.8 Å². The van der Waals surface area contributed by atoms with Crippen LogP contribution in [0.25, 0.3) is 0 Å². The number of hydrogen-bond acceptors (Lipinski definition) is 8. The zero-order valence-corrected chi connectivity index (χ0v) is 24.8. The minimum atomic E-state index is -3.94. The molecule has 224 valence electrons. The van der Waals surface area contributed by atoms with E-state index in [9.17, 15) is 13.2 Å². The summed E-state index contributed by atoms with van der Waals surface area (Å²) in [6, 6.07) is 28.6. The van der Waals surface area contributed by atoms with E-state index in [-0.39, 0.29) is 32.2 Å². The molecule has 8 nitrogen and oxygen atoms in total. The van der Waals surface area contributed by atoms with Crippen LogP contribution in [0.3, 0.4) is 0 Å². The summed E-state index contributed by atoms with van der Waals surface area (Å²) in [5, 5.41) is 0. The van der Waals surface area contributed by atoms with Crippen LogP contribution in [0.5, 0.6) is 0 Å². The Morgan fingerprint density at radius 3 is 1.57 bits per heavy atom. The lowest BCUT2D eigenvalue weighted by atomic mass is 9.99. The lowest BCUT2D eigenvalue weighted by Gasteiger charge is -2.45. The minimum absolute atomic E-state index is 0.124. The summed E-state index contributed by atoms with van der Waals surface area (Å²) in [7, 11) is -3.94. The number of carbonyl (C=O) groups excluding carboxylic acids is 1. The Morgan fingerprint density at radius 1 is 0.714 bits per heavy atom. The molecule has 0 aliphatic carbocycles. The summed E-state index contributed by atoms with van der Waals surface area (Å²) in [5.41, 5.74) is 1.70. The molecule has 1 saturated heterocycles. The van der Waals surface area contributed by atoms with E-state index in [1.165, 1.54) is 6.92 Å². The lowest BCUT2D eigenvalue weighted by Crippen LogP contribution is -2.63. The van der Waals surface area contributed by atoms with Gasteiger partial charge in [-0.2, -0.15) is 0 Å². The highest BCUT2D eigenvalue weighted by molar-refractivity contribution is 7.92.